The van der Waals surface area contributed by atoms with Crippen molar-refractivity contribution >= 4 is 10.0 Å². The summed E-state index contributed by atoms with van der Waals surface area (Å²) in [5.74, 6) is -1.91. The summed E-state index contributed by atoms with van der Waals surface area (Å²) in [5.41, 5.74) is 4.86. The van der Waals surface area contributed by atoms with Crippen LogP contribution in [-0.4, -0.2) is 25.3 Å². The molecule has 2 rings (SSSR count). The lowest BCUT2D eigenvalue weighted by atomic mass is 10.2. The Morgan fingerprint density at radius 2 is 2.00 bits per heavy atom. The molecule has 1 aliphatic carbocycles. The highest BCUT2D eigenvalue weighted by Gasteiger charge is 2.38. The van der Waals surface area contributed by atoms with Crippen molar-refractivity contribution in [1.29, 1.82) is 0 Å². The molecule has 0 atom stereocenters. The third-order valence-corrected chi connectivity index (χ3v) is 5.25. The summed E-state index contributed by atoms with van der Waals surface area (Å²) in [4.78, 5) is -0.497. The Hall–Kier alpha value is -1.05. The predicted octanol–water partition coefficient (Wildman–Crippen LogP) is 1.60. The zero-order valence-electron chi connectivity index (χ0n) is 10.6. The second kappa shape index (κ2) is 5.15. The van der Waals surface area contributed by atoms with Crippen LogP contribution in [-0.2, 0) is 16.6 Å². The SMILES string of the molecule is CCN(C1CC1)S(=O)(=O)c1ccc(F)c(CN)c1F. The van der Waals surface area contributed by atoms with Gasteiger partial charge in [0, 0.05) is 24.7 Å². The molecule has 19 heavy (non-hydrogen) atoms. The molecule has 2 N–H and O–H groups in total. The van der Waals surface area contributed by atoms with Crippen LogP contribution in [0.4, 0.5) is 8.78 Å². The molecule has 0 aromatic heterocycles. The maximum atomic E-state index is 14.1. The van der Waals surface area contributed by atoms with Crippen molar-refractivity contribution in [2.45, 2.75) is 37.2 Å². The van der Waals surface area contributed by atoms with Crippen molar-refractivity contribution in [3.05, 3.63) is 29.3 Å². The Bertz CT molecular complexity index is 586. The molecule has 0 amide bonds. The van der Waals surface area contributed by atoms with E-state index in [0.29, 0.717) is 0 Å². The van der Waals surface area contributed by atoms with Crippen molar-refractivity contribution in [3.63, 3.8) is 0 Å². The lowest BCUT2D eigenvalue weighted by Crippen LogP contribution is -2.33. The highest BCUT2D eigenvalue weighted by atomic mass is 32.2. The smallest absolute Gasteiger partial charge is 0.246 e. The molecule has 1 aromatic rings. The molecule has 4 nitrogen and oxygen atoms in total. The number of nitrogens with two attached hydrogens (primary N) is 1. The molecular weight excluding hydrogens is 274 g/mol. The average Bonchev–Trinajstić information content (AvgIpc) is 3.14. The molecule has 0 unspecified atom stereocenters. The van der Waals surface area contributed by atoms with Crippen LogP contribution in [0.3, 0.4) is 0 Å². The van der Waals surface area contributed by atoms with E-state index in [1.54, 1.807) is 6.92 Å². The molecule has 1 saturated carbocycles. The molecule has 1 aromatic carbocycles. The molecule has 0 heterocycles. The van der Waals surface area contributed by atoms with Gasteiger partial charge in [-0.1, -0.05) is 6.92 Å². The highest BCUT2D eigenvalue weighted by Crippen LogP contribution is 2.33. The molecule has 0 spiro atoms. The summed E-state index contributed by atoms with van der Waals surface area (Å²) < 4.78 is 53.4. The van der Waals surface area contributed by atoms with Crippen molar-refractivity contribution in [2.75, 3.05) is 6.54 Å². The van der Waals surface area contributed by atoms with Crippen LogP contribution in [0.25, 0.3) is 0 Å². The zero-order chi connectivity index (χ0) is 14.2. The van der Waals surface area contributed by atoms with Gasteiger partial charge in [0.25, 0.3) is 0 Å². The van der Waals surface area contributed by atoms with Gasteiger partial charge in [-0.3, -0.25) is 0 Å². The molecule has 1 aliphatic rings. The van der Waals surface area contributed by atoms with Crippen molar-refractivity contribution in [1.82, 2.24) is 4.31 Å². The van der Waals surface area contributed by atoms with Gasteiger partial charge in [-0.05, 0) is 25.0 Å². The number of nitrogens with zero attached hydrogens (tertiary/aromatic N) is 1. The first-order valence-corrected chi connectivity index (χ1v) is 7.56. The largest absolute Gasteiger partial charge is 0.326 e. The van der Waals surface area contributed by atoms with Crippen LogP contribution >= 0.6 is 0 Å². The Balaban J connectivity index is 2.51. The Morgan fingerprint density at radius 3 is 2.47 bits per heavy atom. The Labute approximate surface area is 111 Å². The van der Waals surface area contributed by atoms with E-state index in [2.05, 4.69) is 0 Å². The first kappa shape index (κ1) is 14.4. The number of halogens is 2. The maximum Gasteiger partial charge on any atom is 0.246 e. The van der Waals surface area contributed by atoms with Gasteiger partial charge in [0.05, 0.1) is 0 Å². The quantitative estimate of drug-likeness (QED) is 0.896. The number of hydrogen-bond acceptors (Lipinski definition) is 3. The monoisotopic (exact) mass is 290 g/mol. The predicted molar refractivity (Wildman–Crippen MR) is 66.8 cm³/mol. The standard InChI is InChI=1S/C12H16F2N2O2S/c1-2-16(8-3-4-8)19(17,18)11-6-5-10(13)9(7-15)12(11)14/h5-6,8H,2-4,7,15H2,1H3. The van der Waals surface area contributed by atoms with E-state index >= 15 is 0 Å². The minimum atomic E-state index is -3.93. The minimum Gasteiger partial charge on any atom is -0.326 e. The fourth-order valence-electron chi connectivity index (χ4n) is 2.08. The normalized spacial score (nSPS) is 16.1. The van der Waals surface area contributed by atoms with Crippen LogP contribution in [0.1, 0.15) is 25.3 Å². The van der Waals surface area contributed by atoms with Crippen molar-refractivity contribution in [3.8, 4) is 0 Å². The van der Waals surface area contributed by atoms with E-state index in [0.717, 1.165) is 25.0 Å². The third-order valence-electron chi connectivity index (χ3n) is 3.21. The lowest BCUT2D eigenvalue weighted by Gasteiger charge is -2.20. The molecular formula is C12H16F2N2O2S. The third kappa shape index (κ3) is 2.50. The van der Waals surface area contributed by atoms with Crippen LogP contribution in [0.15, 0.2) is 17.0 Å². The number of sulfonamides is 1. The average molecular weight is 290 g/mol. The number of rotatable bonds is 5. The summed E-state index contributed by atoms with van der Waals surface area (Å²) in [7, 11) is -3.93. The van der Waals surface area contributed by atoms with Gasteiger partial charge in [0.15, 0.2) is 5.82 Å². The topological polar surface area (TPSA) is 63.4 Å². The van der Waals surface area contributed by atoms with Crippen LogP contribution in [0.2, 0.25) is 0 Å². The van der Waals surface area contributed by atoms with E-state index in [9.17, 15) is 17.2 Å². The number of hydrogen-bond donors (Lipinski definition) is 1. The van der Waals surface area contributed by atoms with Gasteiger partial charge >= 0.3 is 0 Å². The lowest BCUT2D eigenvalue weighted by molar-refractivity contribution is 0.415. The van der Waals surface area contributed by atoms with E-state index < -0.39 is 32.1 Å². The van der Waals surface area contributed by atoms with Gasteiger partial charge in [-0.25, -0.2) is 17.2 Å². The molecule has 106 valence electrons. The fourth-order valence-corrected chi connectivity index (χ4v) is 3.86. The van der Waals surface area contributed by atoms with Gasteiger partial charge in [0.2, 0.25) is 10.0 Å². The second-order valence-corrected chi connectivity index (χ2v) is 6.34. The molecule has 0 bridgehead atoms. The summed E-state index contributed by atoms with van der Waals surface area (Å²) in [6.07, 6.45) is 1.55. The van der Waals surface area contributed by atoms with Gasteiger partial charge < -0.3 is 5.73 Å². The first-order valence-electron chi connectivity index (χ1n) is 6.12. The second-order valence-electron chi connectivity index (χ2n) is 4.48. The van der Waals surface area contributed by atoms with Crippen molar-refractivity contribution < 1.29 is 17.2 Å². The minimum absolute atomic E-state index is 0.0687. The van der Waals surface area contributed by atoms with E-state index in [4.69, 9.17) is 5.73 Å². The number of benzene rings is 1. The van der Waals surface area contributed by atoms with E-state index in [1.165, 1.54) is 4.31 Å². The summed E-state index contributed by atoms with van der Waals surface area (Å²) in [6.45, 7) is 1.58. The summed E-state index contributed by atoms with van der Waals surface area (Å²) in [6, 6.07) is 1.84. The molecule has 0 aliphatic heterocycles. The van der Waals surface area contributed by atoms with Gasteiger partial charge in [-0.15, -0.1) is 0 Å². The zero-order valence-corrected chi connectivity index (χ0v) is 11.4. The van der Waals surface area contributed by atoms with Crippen molar-refractivity contribution in [2.24, 2.45) is 5.73 Å². The molecule has 1 fully saturated rings. The Morgan fingerprint density at radius 1 is 1.37 bits per heavy atom. The van der Waals surface area contributed by atoms with Crippen LogP contribution in [0, 0.1) is 11.6 Å². The maximum absolute atomic E-state index is 14.1. The molecule has 7 heteroatoms. The first-order chi connectivity index (χ1) is 8.93. The molecule has 0 radical (unpaired) electrons. The van der Waals surface area contributed by atoms with Crippen LogP contribution in [0.5, 0.6) is 0 Å². The highest BCUT2D eigenvalue weighted by molar-refractivity contribution is 7.89. The van der Waals surface area contributed by atoms with E-state index in [-0.39, 0.29) is 19.1 Å². The summed E-state index contributed by atoms with van der Waals surface area (Å²) in [5, 5.41) is 0. The van der Waals surface area contributed by atoms with Gasteiger partial charge in [0.1, 0.15) is 10.7 Å². The molecule has 0 saturated heterocycles. The van der Waals surface area contributed by atoms with Crippen LogP contribution < -0.4 is 5.73 Å². The summed E-state index contributed by atoms with van der Waals surface area (Å²) >= 11 is 0. The fraction of sp³-hybridized carbons (Fsp3) is 0.500. The Kier molecular flexibility index (Phi) is 3.89. The van der Waals surface area contributed by atoms with Gasteiger partial charge in [-0.2, -0.15) is 4.31 Å². The van der Waals surface area contributed by atoms with E-state index in [1.807, 2.05) is 0 Å².